The van der Waals surface area contributed by atoms with Crippen LogP contribution in [-0.2, 0) is 14.9 Å². The van der Waals surface area contributed by atoms with Crippen LogP contribution in [0.2, 0.25) is 0 Å². The third-order valence-corrected chi connectivity index (χ3v) is 5.99. The summed E-state index contributed by atoms with van der Waals surface area (Å²) in [7, 11) is 0.251. The number of methoxy groups -OCH3 is 1. The Morgan fingerprint density at radius 1 is 1.30 bits per heavy atom. The summed E-state index contributed by atoms with van der Waals surface area (Å²) in [6.45, 7) is 2.13. The normalized spacial score (nSPS) is 32.6. The molecule has 3 atom stereocenters. The quantitative estimate of drug-likeness (QED) is 0.741. The summed E-state index contributed by atoms with van der Waals surface area (Å²) in [5.41, 5.74) is 0. The van der Waals surface area contributed by atoms with Crippen LogP contribution in [0.1, 0.15) is 32.1 Å². The topological polar surface area (TPSA) is 70.7 Å². The van der Waals surface area contributed by atoms with Gasteiger partial charge in [-0.05, 0) is 51.6 Å². The monoisotopic (exact) mass is 305 g/mol. The lowest BCUT2D eigenvalue weighted by molar-refractivity contribution is 0.107. The molecule has 7 heteroatoms. The number of nitrogens with one attached hydrogen (secondary N) is 2. The largest absolute Gasteiger partial charge is 0.381 e. The smallest absolute Gasteiger partial charge is 0.279 e. The van der Waals surface area contributed by atoms with E-state index in [1.807, 2.05) is 7.05 Å². The van der Waals surface area contributed by atoms with Gasteiger partial charge in [0.1, 0.15) is 0 Å². The summed E-state index contributed by atoms with van der Waals surface area (Å²) in [6, 6.07) is 0.0228. The first kappa shape index (κ1) is 16.2. The van der Waals surface area contributed by atoms with Gasteiger partial charge in [0.2, 0.25) is 0 Å². The molecular formula is C13H27N3O3S. The molecule has 0 bridgehead atoms. The number of hydrogen-bond acceptors (Lipinski definition) is 4. The van der Waals surface area contributed by atoms with Crippen molar-refractivity contribution in [3.8, 4) is 0 Å². The summed E-state index contributed by atoms with van der Waals surface area (Å²) in [4.78, 5) is 0. The van der Waals surface area contributed by atoms with Gasteiger partial charge in [0.05, 0.1) is 6.10 Å². The molecule has 1 saturated heterocycles. The highest BCUT2D eigenvalue weighted by Gasteiger charge is 2.33. The lowest BCUT2D eigenvalue weighted by Crippen LogP contribution is -2.49. The van der Waals surface area contributed by atoms with Gasteiger partial charge in [-0.25, -0.2) is 0 Å². The van der Waals surface area contributed by atoms with Crippen LogP contribution in [0, 0.1) is 5.92 Å². The van der Waals surface area contributed by atoms with Crippen molar-refractivity contribution in [2.24, 2.45) is 5.92 Å². The van der Waals surface area contributed by atoms with Gasteiger partial charge in [-0.2, -0.15) is 17.4 Å². The lowest BCUT2D eigenvalue weighted by atomic mass is 10.00. The Morgan fingerprint density at radius 2 is 2.10 bits per heavy atom. The molecule has 1 aliphatic carbocycles. The minimum Gasteiger partial charge on any atom is -0.381 e. The van der Waals surface area contributed by atoms with Gasteiger partial charge in [-0.1, -0.05) is 0 Å². The highest BCUT2D eigenvalue weighted by Crippen LogP contribution is 2.24. The molecule has 2 rings (SSSR count). The molecular weight excluding hydrogens is 278 g/mol. The first-order chi connectivity index (χ1) is 9.55. The minimum absolute atomic E-state index is 0.0228. The molecule has 118 valence electrons. The van der Waals surface area contributed by atoms with Crippen molar-refractivity contribution in [2.75, 3.05) is 33.8 Å². The van der Waals surface area contributed by atoms with Gasteiger partial charge in [0.25, 0.3) is 10.2 Å². The number of nitrogens with zero attached hydrogens (tertiary/aromatic N) is 1. The number of piperidine rings is 1. The molecule has 2 N–H and O–H groups in total. The Labute approximate surface area is 122 Å². The summed E-state index contributed by atoms with van der Waals surface area (Å²) in [6.07, 6.45) is 4.82. The lowest BCUT2D eigenvalue weighted by Gasteiger charge is -2.32. The number of hydrogen-bond donors (Lipinski definition) is 2. The van der Waals surface area contributed by atoms with Crippen LogP contribution in [0.4, 0.5) is 0 Å². The molecule has 0 radical (unpaired) electrons. The van der Waals surface area contributed by atoms with E-state index in [1.165, 1.54) is 0 Å². The van der Waals surface area contributed by atoms with E-state index in [2.05, 4.69) is 10.0 Å². The second-order valence-corrected chi connectivity index (χ2v) is 7.62. The van der Waals surface area contributed by atoms with Crippen LogP contribution in [0.3, 0.4) is 0 Å². The third-order valence-electron chi connectivity index (χ3n) is 4.35. The van der Waals surface area contributed by atoms with Gasteiger partial charge in [0.15, 0.2) is 0 Å². The van der Waals surface area contributed by atoms with E-state index < -0.39 is 10.2 Å². The summed E-state index contributed by atoms with van der Waals surface area (Å²) in [5, 5.41) is 3.14. The van der Waals surface area contributed by atoms with Crippen molar-refractivity contribution < 1.29 is 13.2 Å². The Hall–Kier alpha value is -0.210. The van der Waals surface area contributed by atoms with Crippen LogP contribution in [0.5, 0.6) is 0 Å². The van der Waals surface area contributed by atoms with Gasteiger partial charge in [-0.15, -0.1) is 0 Å². The van der Waals surface area contributed by atoms with E-state index in [9.17, 15) is 8.42 Å². The summed E-state index contributed by atoms with van der Waals surface area (Å²) in [5.74, 6) is 0.417. The van der Waals surface area contributed by atoms with Crippen LogP contribution in [0.15, 0.2) is 0 Å². The number of ether oxygens (including phenoxy) is 1. The molecule has 0 spiro atoms. The molecule has 0 aromatic rings. The zero-order valence-electron chi connectivity index (χ0n) is 12.5. The Bertz CT molecular complexity index is 400. The van der Waals surface area contributed by atoms with Gasteiger partial charge in [0, 0.05) is 26.2 Å². The molecule has 1 aliphatic heterocycles. The molecule has 0 aromatic carbocycles. The predicted molar refractivity (Wildman–Crippen MR) is 78.7 cm³/mol. The molecule has 0 aromatic heterocycles. The van der Waals surface area contributed by atoms with Gasteiger partial charge < -0.3 is 10.1 Å². The Balaban J connectivity index is 1.89. The maximum absolute atomic E-state index is 12.4. The first-order valence-corrected chi connectivity index (χ1v) is 8.94. The molecule has 0 amide bonds. The third kappa shape index (κ3) is 4.14. The highest BCUT2D eigenvalue weighted by molar-refractivity contribution is 7.87. The second kappa shape index (κ2) is 7.17. The molecule has 3 unspecified atom stereocenters. The maximum atomic E-state index is 12.4. The average Bonchev–Trinajstić information content (AvgIpc) is 2.86. The van der Waals surface area contributed by atoms with E-state index in [-0.39, 0.29) is 12.1 Å². The summed E-state index contributed by atoms with van der Waals surface area (Å²) >= 11 is 0. The van der Waals surface area contributed by atoms with Crippen LogP contribution < -0.4 is 10.0 Å². The fraction of sp³-hybridized carbons (Fsp3) is 1.00. The van der Waals surface area contributed by atoms with Crippen LogP contribution in [-0.4, -0.2) is 58.7 Å². The average molecular weight is 305 g/mol. The summed E-state index contributed by atoms with van der Waals surface area (Å²) < 4.78 is 34.6. The van der Waals surface area contributed by atoms with Crippen molar-refractivity contribution in [1.29, 1.82) is 0 Å². The van der Waals surface area contributed by atoms with Crippen molar-refractivity contribution in [1.82, 2.24) is 14.3 Å². The van der Waals surface area contributed by atoms with E-state index in [0.717, 1.165) is 38.6 Å². The standard InChI is InChI=1S/C13H27N3O3S/c1-14-9-11-4-3-7-16(10-11)20(17,18)15-12-5-6-13(8-12)19-2/h11-15H,3-10H2,1-2H3. The van der Waals surface area contributed by atoms with Crippen LogP contribution >= 0.6 is 0 Å². The predicted octanol–water partition coefficient (Wildman–Crippen LogP) is 0.320. The molecule has 1 heterocycles. The zero-order chi connectivity index (χ0) is 14.6. The van der Waals surface area contributed by atoms with Crippen molar-refractivity contribution >= 4 is 10.2 Å². The maximum Gasteiger partial charge on any atom is 0.279 e. The van der Waals surface area contributed by atoms with Gasteiger partial charge in [-0.3, -0.25) is 0 Å². The fourth-order valence-electron chi connectivity index (χ4n) is 3.25. The highest BCUT2D eigenvalue weighted by atomic mass is 32.2. The van der Waals surface area contributed by atoms with Crippen molar-refractivity contribution in [2.45, 2.75) is 44.2 Å². The number of rotatable bonds is 6. The molecule has 1 saturated carbocycles. The van der Waals surface area contributed by atoms with E-state index >= 15 is 0 Å². The SMILES string of the molecule is CNCC1CCCN(S(=O)(=O)NC2CCC(OC)C2)C1. The van der Waals surface area contributed by atoms with E-state index in [0.29, 0.717) is 19.0 Å². The van der Waals surface area contributed by atoms with Crippen molar-refractivity contribution in [3.63, 3.8) is 0 Å². The minimum atomic E-state index is -3.35. The van der Waals surface area contributed by atoms with Crippen molar-refractivity contribution in [3.05, 3.63) is 0 Å². The fourth-order valence-corrected chi connectivity index (χ4v) is 4.81. The molecule has 6 nitrogen and oxygen atoms in total. The van der Waals surface area contributed by atoms with Crippen LogP contribution in [0.25, 0.3) is 0 Å². The Morgan fingerprint density at radius 3 is 2.75 bits per heavy atom. The first-order valence-electron chi connectivity index (χ1n) is 7.50. The second-order valence-electron chi connectivity index (χ2n) is 5.91. The molecule has 20 heavy (non-hydrogen) atoms. The molecule has 2 fully saturated rings. The van der Waals surface area contributed by atoms with Gasteiger partial charge >= 0.3 is 0 Å². The van der Waals surface area contributed by atoms with E-state index in [4.69, 9.17) is 4.74 Å². The van der Waals surface area contributed by atoms with E-state index in [1.54, 1.807) is 11.4 Å². The Kier molecular flexibility index (Phi) is 5.80. The molecule has 2 aliphatic rings. The zero-order valence-corrected chi connectivity index (χ0v) is 13.3.